The van der Waals surface area contributed by atoms with Gasteiger partial charge in [0.2, 0.25) is 10.0 Å². The van der Waals surface area contributed by atoms with Crippen molar-refractivity contribution >= 4 is 27.8 Å². The molecular formula is C28H44N4O4S2. The van der Waals surface area contributed by atoms with Crippen LogP contribution < -0.4 is 0 Å². The van der Waals surface area contributed by atoms with Gasteiger partial charge in [-0.1, -0.05) is 71.9 Å². The number of thioether (sulfide) groups is 1. The fraction of sp³-hybridized carbons (Fsp3) is 0.679. The van der Waals surface area contributed by atoms with Crippen molar-refractivity contribution in [3.63, 3.8) is 0 Å². The van der Waals surface area contributed by atoms with Gasteiger partial charge in [0.1, 0.15) is 6.10 Å². The lowest BCUT2D eigenvalue weighted by molar-refractivity contribution is -0.152. The van der Waals surface area contributed by atoms with E-state index < -0.39 is 10.0 Å². The lowest BCUT2D eigenvalue weighted by Crippen LogP contribution is -2.36. The van der Waals surface area contributed by atoms with Crippen LogP contribution in [-0.4, -0.2) is 58.4 Å². The van der Waals surface area contributed by atoms with Gasteiger partial charge in [0.25, 0.3) is 0 Å². The average molecular weight is 565 g/mol. The van der Waals surface area contributed by atoms with Crippen molar-refractivity contribution in [2.75, 3.05) is 18.8 Å². The lowest BCUT2D eigenvalue weighted by atomic mass is 9.75. The third-order valence-corrected chi connectivity index (χ3v) is 10.7. The molecule has 212 valence electrons. The molecule has 1 aliphatic carbocycles. The second-order valence-electron chi connectivity index (χ2n) is 10.7. The Morgan fingerprint density at radius 3 is 2.50 bits per heavy atom. The summed E-state index contributed by atoms with van der Waals surface area (Å²) in [5, 5.41) is 9.46. The molecule has 1 heterocycles. The van der Waals surface area contributed by atoms with Gasteiger partial charge in [-0.3, -0.25) is 9.36 Å². The first-order valence-corrected chi connectivity index (χ1v) is 16.3. The van der Waals surface area contributed by atoms with E-state index in [9.17, 15) is 13.2 Å². The summed E-state index contributed by atoms with van der Waals surface area (Å²) in [6.45, 7) is 15.2. The van der Waals surface area contributed by atoms with Crippen molar-refractivity contribution < 1.29 is 17.9 Å². The summed E-state index contributed by atoms with van der Waals surface area (Å²) in [6.07, 6.45) is 3.99. The van der Waals surface area contributed by atoms with Crippen LogP contribution in [0.3, 0.4) is 0 Å². The van der Waals surface area contributed by atoms with E-state index in [1.807, 2.05) is 24.5 Å². The van der Waals surface area contributed by atoms with E-state index in [1.54, 1.807) is 18.2 Å². The van der Waals surface area contributed by atoms with Gasteiger partial charge >= 0.3 is 5.97 Å². The minimum atomic E-state index is -3.60. The topological polar surface area (TPSA) is 94.4 Å². The van der Waals surface area contributed by atoms with Crippen LogP contribution in [0.5, 0.6) is 0 Å². The van der Waals surface area contributed by atoms with Gasteiger partial charge in [0, 0.05) is 24.7 Å². The summed E-state index contributed by atoms with van der Waals surface area (Å²) in [5.74, 6) is 1.95. The SMILES string of the molecule is CC[C@H](C)n1c(SCC(=O)O[C@H]2C[C@@H](C)CC[C@@H]2C(C)C)nnc1-c1cccc(S(=O)(=O)N(CC)CC)c1. The van der Waals surface area contributed by atoms with Crippen LogP contribution >= 0.6 is 11.8 Å². The molecule has 0 amide bonds. The first kappa shape index (κ1) is 30.6. The van der Waals surface area contributed by atoms with E-state index in [4.69, 9.17) is 4.74 Å². The number of aromatic nitrogens is 3. The fourth-order valence-corrected chi connectivity index (χ4v) is 7.56. The molecule has 8 nitrogen and oxygen atoms in total. The first-order valence-electron chi connectivity index (χ1n) is 13.9. The molecular weight excluding hydrogens is 520 g/mol. The quantitative estimate of drug-likeness (QED) is 0.229. The summed E-state index contributed by atoms with van der Waals surface area (Å²) in [6, 6.07) is 6.93. The molecule has 0 bridgehead atoms. The molecule has 0 spiro atoms. The molecule has 1 fully saturated rings. The molecule has 4 atom stereocenters. The van der Waals surface area contributed by atoms with Crippen molar-refractivity contribution in [2.24, 2.45) is 17.8 Å². The van der Waals surface area contributed by atoms with Crippen LogP contribution in [0.4, 0.5) is 0 Å². The van der Waals surface area contributed by atoms with Crippen molar-refractivity contribution in [3.05, 3.63) is 24.3 Å². The Hall–Kier alpha value is -1.91. The average Bonchev–Trinajstić information content (AvgIpc) is 3.31. The molecule has 1 saturated carbocycles. The molecule has 2 aromatic rings. The lowest BCUT2D eigenvalue weighted by Gasteiger charge is -2.36. The predicted octanol–water partition coefficient (Wildman–Crippen LogP) is 6.04. The Bertz CT molecular complexity index is 1180. The number of benzene rings is 1. The first-order chi connectivity index (χ1) is 18.0. The molecule has 1 aromatic heterocycles. The highest BCUT2D eigenvalue weighted by atomic mass is 32.2. The number of sulfonamides is 1. The van der Waals surface area contributed by atoms with E-state index in [2.05, 4.69) is 44.8 Å². The van der Waals surface area contributed by atoms with E-state index in [0.717, 1.165) is 19.3 Å². The highest BCUT2D eigenvalue weighted by Gasteiger charge is 2.33. The van der Waals surface area contributed by atoms with Gasteiger partial charge in [-0.05, 0) is 56.1 Å². The minimum Gasteiger partial charge on any atom is -0.461 e. The third kappa shape index (κ3) is 6.99. The van der Waals surface area contributed by atoms with Gasteiger partial charge in [-0.15, -0.1) is 10.2 Å². The summed E-state index contributed by atoms with van der Waals surface area (Å²) >= 11 is 1.32. The van der Waals surface area contributed by atoms with Gasteiger partial charge < -0.3 is 4.74 Å². The Morgan fingerprint density at radius 2 is 1.87 bits per heavy atom. The highest BCUT2D eigenvalue weighted by molar-refractivity contribution is 7.99. The number of nitrogens with zero attached hydrogens (tertiary/aromatic N) is 4. The second-order valence-corrected chi connectivity index (χ2v) is 13.6. The molecule has 0 saturated heterocycles. The Labute approximate surface area is 233 Å². The molecule has 10 heteroatoms. The van der Waals surface area contributed by atoms with Crippen molar-refractivity contribution in [1.29, 1.82) is 0 Å². The molecule has 0 aliphatic heterocycles. The fourth-order valence-electron chi connectivity index (χ4n) is 5.24. The van der Waals surface area contributed by atoms with Crippen LogP contribution in [-0.2, 0) is 19.6 Å². The Kier molecular flexibility index (Phi) is 10.8. The zero-order valence-corrected chi connectivity index (χ0v) is 25.5. The van der Waals surface area contributed by atoms with Gasteiger partial charge in [0.05, 0.1) is 10.6 Å². The zero-order chi connectivity index (χ0) is 28.0. The van der Waals surface area contributed by atoms with Crippen molar-refractivity contribution in [2.45, 2.75) is 96.3 Å². The molecule has 1 aromatic carbocycles. The predicted molar refractivity (Wildman–Crippen MR) is 153 cm³/mol. The Morgan fingerprint density at radius 1 is 1.16 bits per heavy atom. The van der Waals surface area contributed by atoms with Crippen LogP contribution in [0.15, 0.2) is 34.3 Å². The zero-order valence-electron chi connectivity index (χ0n) is 23.9. The number of carbonyl (C=O) groups is 1. The van der Waals surface area contributed by atoms with Crippen LogP contribution in [0.1, 0.15) is 80.2 Å². The number of esters is 1. The largest absolute Gasteiger partial charge is 0.461 e. The summed E-state index contributed by atoms with van der Waals surface area (Å²) in [5.41, 5.74) is 0.677. The van der Waals surface area contributed by atoms with Crippen molar-refractivity contribution in [1.82, 2.24) is 19.1 Å². The normalized spacial score (nSPS) is 21.1. The van der Waals surface area contributed by atoms with E-state index in [-0.39, 0.29) is 28.8 Å². The summed E-state index contributed by atoms with van der Waals surface area (Å²) < 4.78 is 35.6. The Balaban J connectivity index is 1.82. The smallest absolute Gasteiger partial charge is 0.316 e. The van der Waals surface area contributed by atoms with Crippen LogP contribution in [0.2, 0.25) is 0 Å². The van der Waals surface area contributed by atoms with Crippen LogP contribution in [0, 0.1) is 17.8 Å². The van der Waals surface area contributed by atoms with Gasteiger partial charge in [-0.25, -0.2) is 8.42 Å². The van der Waals surface area contributed by atoms with Crippen LogP contribution in [0.25, 0.3) is 11.4 Å². The maximum absolute atomic E-state index is 13.1. The molecule has 0 N–H and O–H groups in total. The number of carbonyl (C=O) groups excluding carboxylic acids is 1. The molecule has 3 rings (SSSR count). The second kappa shape index (κ2) is 13.4. The summed E-state index contributed by atoms with van der Waals surface area (Å²) in [4.78, 5) is 13.1. The standard InChI is InChI=1S/C28H44N4O4S2/c1-8-21(7)32-27(22-12-11-13-23(17-22)38(34,35)31(9-2)10-3)29-30-28(32)37-18-26(33)36-25-16-20(6)14-15-24(25)19(4)5/h11-13,17,19-21,24-25H,8-10,14-16,18H2,1-7H3/t20-,21-,24+,25-/m0/s1. The molecule has 0 unspecified atom stereocenters. The van der Waals surface area contributed by atoms with E-state index in [0.29, 0.717) is 47.4 Å². The number of rotatable bonds is 12. The number of hydrogen-bond acceptors (Lipinski definition) is 7. The van der Waals surface area contributed by atoms with E-state index >= 15 is 0 Å². The van der Waals surface area contributed by atoms with E-state index in [1.165, 1.54) is 22.5 Å². The molecule has 38 heavy (non-hydrogen) atoms. The number of ether oxygens (including phenoxy) is 1. The maximum atomic E-state index is 13.1. The van der Waals surface area contributed by atoms with Crippen molar-refractivity contribution in [3.8, 4) is 11.4 Å². The monoisotopic (exact) mass is 564 g/mol. The van der Waals surface area contributed by atoms with Gasteiger partial charge in [-0.2, -0.15) is 4.31 Å². The molecule has 1 aliphatic rings. The summed E-state index contributed by atoms with van der Waals surface area (Å²) in [7, 11) is -3.60. The maximum Gasteiger partial charge on any atom is 0.316 e. The minimum absolute atomic E-state index is 0.0367. The number of hydrogen-bond donors (Lipinski definition) is 0. The highest BCUT2D eigenvalue weighted by Crippen LogP contribution is 2.36. The molecule has 0 radical (unpaired) electrons. The third-order valence-electron chi connectivity index (χ3n) is 7.69. The van der Waals surface area contributed by atoms with Gasteiger partial charge in [0.15, 0.2) is 11.0 Å².